The lowest BCUT2D eigenvalue weighted by atomic mass is 10.1. The van der Waals surface area contributed by atoms with Gasteiger partial charge in [-0.15, -0.1) is 0 Å². The van der Waals surface area contributed by atoms with Crippen molar-refractivity contribution in [2.75, 3.05) is 6.79 Å². The lowest BCUT2D eigenvalue weighted by Gasteiger charge is -2.01. The van der Waals surface area contributed by atoms with Gasteiger partial charge in [0.2, 0.25) is 6.79 Å². The highest BCUT2D eigenvalue weighted by Crippen LogP contribution is 2.38. The van der Waals surface area contributed by atoms with E-state index in [9.17, 15) is 14.9 Å². The summed E-state index contributed by atoms with van der Waals surface area (Å²) in [4.78, 5) is 27.1. The average Bonchev–Trinajstić information content (AvgIpc) is 3.30. The van der Waals surface area contributed by atoms with Gasteiger partial charge in [-0.1, -0.05) is 6.07 Å². The Morgan fingerprint density at radius 3 is 2.93 bits per heavy atom. The number of rotatable bonds is 5. The largest absolute Gasteiger partial charge is 0.456 e. The molecule has 0 fully saturated rings. The molecule has 3 aromatic rings. The van der Waals surface area contributed by atoms with Crippen molar-refractivity contribution in [2.45, 2.75) is 13.5 Å². The molecule has 1 aliphatic rings. The van der Waals surface area contributed by atoms with E-state index in [0.29, 0.717) is 17.2 Å². The molecule has 0 atom stereocenters. The molecule has 4 rings (SSSR count). The molecule has 0 saturated heterocycles. The van der Waals surface area contributed by atoms with E-state index in [2.05, 4.69) is 4.98 Å². The fourth-order valence-corrected chi connectivity index (χ4v) is 2.86. The molecule has 9 heteroatoms. The maximum atomic E-state index is 12.0. The minimum atomic E-state index is -0.638. The van der Waals surface area contributed by atoms with Crippen molar-refractivity contribution in [3.63, 3.8) is 0 Å². The lowest BCUT2D eigenvalue weighted by molar-refractivity contribution is -0.385. The highest BCUT2D eigenvalue weighted by molar-refractivity contribution is 5.88. The van der Waals surface area contributed by atoms with Gasteiger partial charge >= 0.3 is 5.97 Å². The molecule has 0 aliphatic carbocycles. The molecule has 3 heterocycles. The van der Waals surface area contributed by atoms with E-state index in [1.54, 1.807) is 6.20 Å². The number of carbonyl (C=O) groups is 1. The minimum Gasteiger partial charge on any atom is -0.456 e. The summed E-state index contributed by atoms with van der Waals surface area (Å²) in [7, 11) is 0. The van der Waals surface area contributed by atoms with Crippen LogP contribution in [-0.4, -0.2) is 27.1 Å². The van der Waals surface area contributed by atoms with E-state index in [1.807, 2.05) is 29.7 Å². The topological polar surface area (TPSA) is 105 Å². The van der Waals surface area contributed by atoms with Crippen molar-refractivity contribution in [1.82, 2.24) is 9.38 Å². The number of nitro groups is 1. The predicted molar refractivity (Wildman–Crippen MR) is 98.0 cm³/mol. The maximum absolute atomic E-state index is 12.0. The number of nitro benzene ring substituents is 1. The Bertz CT molecular complexity index is 1120. The highest BCUT2D eigenvalue weighted by Gasteiger charge is 2.22. The Hall–Kier alpha value is -3.88. The quantitative estimate of drug-likeness (QED) is 0.289. The van der Waals surface area contributed by atoms with Gasteiger partial charge in [0, 0.05) is 18.5 Å². The fraction of sp³-hybridized carbons (Fsp3) is 0.158. The molecule has 0 bridgehead atoms. The summed E-state index contributed by atoms with van der Waals surface area (Å²) in [5.74, 6) is 0.0491. The zero-order chi connectivity index (χ0) is 19.7. The molecule has 0 spiro atoms. The van der Waals surface area contributed by atoms with Crippen molar-refractivity contribution in [2.24, 2.45) is 0 Å². The predicted octanol–water partition coefficient (Wildman–Crippen LogP) is 3.04. The molecule has 0 unspecified atom stereocenters. The number of esters is 1. The highest BCUT2D eigenvalue weighted by atomic mass is 16.7. The number of pyridine rings is 1. The molecule has 28 heavy (non-hydrogen) atoms. The SMILES string of the molecule is Cc1cccn2cc(COC(=O)C=Cc3cc4c(cc3[N+](=O)[O-])OCO4)nc12. The number of hydrogen-bond donors (Lipinski definition) is 0. The molecule has 1 aromatic carbocycles. The van der Waals surface area contributed by atoms with Gasteiger partial charge in [-0.2, -0.15) is 0 Å². The number of imidazole rings is 1. The summed E-state index contributed by atoms with van der Waals surface area (Å²) >= 11 is 0. The van der Waals surface area contributed by atoms with Crippen LogP contribution in [0.1, 0.15) is 16.8 Å². The maximum Gasteiger partial charge on any atom is 0.331 e. The Balaban J connectivity index is 1.47. The Morgan fingerprint density at radius 2 is 2.18 bits per heavy atom. The van der Waals surface area contributed by atoms with E-state index in [0.717, 1.165) is 17.3 Å². The lowest BCUT2D eigenvalue weighted by Crippen LogP contribution is -2.01. The first-order chi connectivity index (χ1) is 13.5. The number of nitrogens with zero attached hydrogens (tertiary/aromatic N) is 3. The average molecular weight is 381 g/mol. The van der Waals surface area contributed by atoms with Gasteiger partial charge in [-0.3, -0.25) is 10.1 Å². The minimum absolute atomic E-state index is 0.000182. The van der Waals surface area contributed by atoms with Crippen LogP contribution in [0.3, 0.4) is 0 Å². The first-order valence-corrected chi connectivity index (χ1v) is 8.37. The fourth-order valence-electron chi connectivity index (χ4n) is 2.86. The normalized spacial score (nSPS) is 12.6. The van der Waals surface area contributed by atoms with Gasteiger partial charge in [-0.05, 0) is 30.7 Å². The summed E-state index contributed by atoms with van der Waals surface area (Å²) < 4.78 is 17.4. The summed E-state index contributed by atoms with van der Waals surface area (Å²) in [6.07, 6.45) is 6.09. The second kappa shape index (κ2) is 7.03. The van der Waals surface area contributed by atoms with Gasteiger partial charge in [0.15, 0.2) is 11.5 Å². The van der Waals surface area contributed by atoms with Crippen LogP contribution in [0.25, 0.3) is 11.7 Å². The van der Waals surface area contributed by atoms with Crippen LogP contribution in [0.15, 0.2) is 42.7 Å². The first-order valence-electron chi connectivity index (χ1n) is 8.37. The molecular formula is C19H15N3O6. The Morgan fingerprint density at radius 1 is 1.39 bits per heavy atom. The van der Waals surface area contributed by atoms with Crippen LogP contribution in [0.2, 0.25) is 0 Å². The molecular weight excluding hydrogens is 366 g/mol. The van der Waals surface area contributed by atoms with Crippen molar-refractivity contribution in [1.29, 1.82) is 0 Å². The zero-order valence-corrected chi connectivity index (χ0v) is 14.8. The molecule has 142 valence electrons. The van der Waals surface area contributed by atoms with E-state index in [4.69, 9.17) is 14.2 Å². The van der Waals surface area contributed by atoms with Gasteiger partial charge in [0.1, 0.15) is 12.3 Å². The number of carbonyl (C=O) groups excluding carboxylic acids is 1. The number of benzene rings is 1. The summed E-state index contributed by atoms with van der Waals surface area (Å²) in [5.41, 5.74) is 2.43. The molecule has 9 nitrogen and oxygen atoms in total. The van der Waals surface area contributed by atoms with Crippen LogP contribution >= 0.6 is 0 Å². The van der Waals surface area contributed by atoms with Crippen LogP contribution in [0.5, 0.6) is 11.5 Å². The molecule has 0 saturated carbocycles. The van der Waals surface area contributed by atoms with Crippen LogP contribution in [0, 0.1) is 17.0 Å². The number of aromatic nitrogens is 2. The number of aryl methyl sites for hydroxylation is 1. The monoisotopic (exact) mass is 381 g/mol. The molecule has 0 N–H and O–H groups in total. The van der Waals surface area contributed by atoms with Crippen molar-refractivity contribution >= 4 is 23.4 Å². The van der Waals surface area contributed by atoms with Crippen molar-refractivity contribution in [3.8, 4) is 11.5 Å². The van der Waals surface area contributed by atoms with Crippen molar-refractivity contribution in [3.05, 3.63) is 69.7 Å². The summed E-state index contributed by atoms with van der Waals surface area (Å²) in [5, 5.41) is 11.2. The molecule has 0 radical (unpaired) electrons. The van der Waals surface area contributed by atoms with Gasteiger partial charge in [-0.25, -0.2) is 9.78 Å². The standard InChI is InChI=1S/C19H15N3O6/c1-12-3-2-6-21-9-14(20-19(12)21)10-26-18(23)5-4-13-7-16-17(28-11-27-16)8-15(13)22(24)25/h2-9H,10-11H2,1H3. The van der Waals surface area contributed by atoms with E-state index in [1.165, 1.54) is 18.2 Å². The molecule has 2 aromatic heterocycles. The number of hydrogen-bond acceptors (Lipinski definition) is 7. The van der Waals surface area contributed by atoms with Crippen LogP contribution in [0.4, 0.5) is 5.69 Å². The summed E-state index contributed by atoms with van der Waals surface area (Å²) in [6, 6.07) is 6.57. The van der Waals surface area contributed by atoms with Gasteiger partial charge < -0.3 is 18.6 Å². The van der Waals surface area contributed by atoms with E-state index in [-0.39, 0.29) is 24.7 Å². The van der Waals surface area contributed by atoms with Crippen LogP contribution in [-0.2, 0) is 16.1 Å². The second-order valence-electron chi connectivity index (χ2n) is 6.12. The zero-order valence-electron chi connectivity index (χ0n) is 14.8. The Labute approximate surface area is 158 Å². The molecule has 1 aliphatic heterocycles. The smallest absolute Gasteiger partial charge is 0.331 e. The molecule has 0 amide bonds. The third-order valence-corrected chi connectivity index (χ3v) is 4.21. The van der Waals surface area contributed by atoms with E-state index >= 15 is 0 Å². The Kier molecular flexibility index (Phi) is 4.40. The van der Waals surface area contributed by atoms with E-state index < -0.39 is 10.9 Å². The van der Waals surface area contributed by atoms with Gasteiger partial charge in [0.05, 0.1) is 22.2 Å². The summed E-state index contributed by atoms with van der Waals surface area (Å²) in [6.45, 7) is 1.94. The second-order valence-corrected chi connectivity index (χ2v) is 6.12. The first kappa shape index (κ1) is 17.5. The van der Waals surface area contributed by atoms with Gasteiger partial charge in [0.25, 0.3) is 5.69 Å². The third-order valence-electron chi connectivity index (χ3n) is 4.21. The number of fused-ring (bicyclic) bond motifs is 2. The van der Waals surface area contributed by atoms with Crippen molar-refractivity contribution < 1.29 is 23.9 Å². The third kappa shape index (κ3) is 3.37. The number of ether oxygens (including phenoxy) is 3. The van der Waals surface area contributed by atoms with Crippen LogP contribution < -0.4 is 9.47 Å².